The molecule has 1 fully saturated rings. The summed E-state index contributed by atoms with van der Waals surface area (Å²) in [6.45, 7) is 7.77. The Kier molecular flexibility index (Phi) is 7.93. The molecule has 1 unspecified atom stereocenters. The summed E-state index contributed by atoms with van der Waals surface area (Å²) in [5.74, 6) is 0.615. The minimum Gasteiger partial charge on any atom is -1.00 e. The summed E-state index contributed by atoms with van der Waals surface area (Å²) in [4.78, 5) is 12.9. The third-order valence-corrected chi connectivity index (χ3v) is 5.62. The minimum atomic E-state index is -1.18. The Morgan fingerprint density at radius 2 is 1.89 bits per heavy atom. The number of aromatic nitrogens is 4. The van der Waals surface area contributed by atoms with Crippen LogP contribution >= 0.6 is 0 Å². The van der Waals surface area contributed by atoms with Crippen LogP contribution in [0.15, 0.2) is 12.7 Å². The minimum absolute atomic E-state index is 0. The first-order chi connectivity index (χ1) is 12.9. The van der Waals surface area contributed by atoms with Crippen molar-refractivity contribution in [2.24, 2.45) is 0 Å². The van der Waals surface area contributed by atoms with Gasteiger partial charge in [0.05, 0.1) is 46.2 Å². The quantitative estimate of drug-likeness (QED) is 0.213. The molecule has 3 rings (SSSR count). The van der Waals surface area contributed by atoms with Crippen molar-refractivity contribution in [3.05, 3.63) is 12.7 Å². The van der Waals surface area contributed by atoms with E-state index in [1.54, 1.807) is 4.57 Å². The van der Waals surface area contributed by atoms with Crippen LogP contribution < -0.4 is 29.3 Å². The predicted octanol–water partition coefficient (Wildman–Crippen LogP) is -3.66. The number of quaternary nitrogens is 1. The summed E-state index contributed by atoms with van der Waals surface area (Å²) in [6.07, 6.45) is -1.14. The standard InChI is InChI=1S/C17H29N6O4.HI/c1-4-23(3,5-2)7-6-18-15-12-16(20-9-19-15)22(10-21-12)17-14(26)13(25)11(8-24)27-17;/h9-11,13-14,17,24-26H,4-8H2,1-3H3,(H,18,19,20);1H/q+1;/p-1/t11-,13-,14-,17?;/m1./s1. The van der Waals surface area contributed by atoms with E-state index in [9.17, 15) is 15.3 Å². The van der Waals surface area contributed by atoms with Crippen molar-refractivity contribution >= 4 is 17.0 Å². The molecule has 0 aliphatic carbocycles. The lowest BCUT2D eigenvalue weighted by atomic mass is 10.1. The van der Waals surface area contributed by atoms with Crippen LogP contribution in [0.1, 0.15) is 20.1 Å². The van der Waals surface area contributed by atoms with Crippen molar-refractivity contribution in [2.45, 2.75) is 38.4 Å². The SMILES string of the molecule is CC[N+](C)(CC)CCNc1ncnc2c1ncn2C1O[C@H](CO)[C@@H](O)[C@H]1O.[I-]. The topological polar surface area (TPSA) is 126 Å². The predicted molar refractivity (Wildman–Crippen MR) is 99.0 cm³/mol. The molecule has 0 saturated carbocycles. The van der Waals surface area contributed by atoms with Crippen molar-refractivity contribution < 1.29 is 48.5 Å². The molecule has 0 aromatic carbocycles. The number of halogens is 1. The van der Waals surface area contributed by atoms with Gasteiger partial charge in [-0.3, -0.25) is 4.57 Å². The Labute approximate surface area is 181 Å². The van der Waals surface area contributed by atoms with Gasteiger partial charge < -0.3 is 53.8 Å². The van der Waals surface area contributed by atoms with Crippen LogP contribution in [0.3, 0.4) is 0 Å². The smallest absolute Gasteiger partial charge is 0.167 e. The number of imidazole rings is 1. The monoisotopic (exact) mass is 508 g/mol. The van der Waals surface area contributed by atoms with Crippen LogP contribution in [0, 0.1) is 0 Å². The number of rotatable bonds is 8. The van der Waals surface area contributed by atoms with E-state index in [-0.39, 0.29) is 30.6 Å². The van der Waals surface area contributed by atoms with Gasteiger partial charge in [-0.1, -0.05) is 0 Å². The number of anilines is 1. The van der Waals surface area contributed by atoms with Gasteiger partial charge in [0.25, 0.3) is 0 Å². The molecule has 1 aliphatic heterocycles. The molecule has 2 aromatic heterocycles. The van der Waals surface area contributed by atoms with Gasteiger partial charge in [-0.05, 0) is 13.8 Å². The van der Waals surface area contributed by atoms with E-state index in [0.717, 1.165) is 30.7 Å². The van der Waals surface area contributed by atoms with Crippen LogP contribution in [-0.2, 0) is 4.74 Å². The molecule has 3 heterocycles. The maximum Gasteiger partial charge on any atom is 0.167 e. The first kappa shape index (κ1) is 23.2. The average Bonchev–Trinajstić information content (AvgIpc) is 3.23. The van der Waals surface area contributed by atoms with Crippen LogP contribution in [0.25, 0.3) is 11.2 Å². The third-order valence-electron chi connectivity index (χ3n) is 5.62. The van der Waals surface area contributed by atoms with Gasteiger partial charge in [0.1, 0.15) is 24.6 Å². The zero-order chi connectivity index (χ0) is 19.6. The van der Waals surface area contributed by atoms with E-state index in [2.05, 4.69) is 41.2 Å². The Morgan fingerprint density at radius 3 is 2.50 bits per heavy atom. The Balaban J connectivity index is 0.00000280. The lowest BCUT2D eigenvalue weighted by Gasteiger charge is -2.32. The maximum atomic E-state index is 10.2. The zero-order valence-corrected chi connectivity index (χ0v) is 18.5. The number of likely N-dealkylation sites (N-methyl/N-ethyl adjacent to an activating group) is 1. The summed E-state index contributed by atoms with van der Waals surface area (Å²) in [6, 6.07) is 0. The Morgan fingerprint density at radius 1 is 1.18 bits per heavy atom. The van der Waals surface area contributed by atoms with E-state index in [1.165, 1.54) is 12.7 Å². The van der Waals surface area contributed by atoms with Crippen molar-refractivity contribution in [3.8, 4) is 0 Å². The molecule has 1 aliphatic rings. The summed E-state index contributed by atoms with van der Waals surface area (Å²) >= 11 is 0. The van der Waals surface area contributed by atoms with Crippen molar-refractivity contribution in [2.75, 3.05) is 45.2 Å². The van der Waals surface area contributed by atoms with E-state index in [1.807, 2.05) is 0 Å². The summed E-state index contributed by atoms with van der Waals surface area (Å²) in [5, 5.41) is 32.8. The van der Waals surface area contributed by atoms with E-state index in [4.69, 9.17) is 4.74 Å². The van der Waals surface area contributed by atoms with E-state index in [0.29, 0.717) is 17.0 Å². The Bertz CT molecular complexity index is 771. The first-order valence-corrected chi connectivity index (χ1v) is 9.31. The molecule has 4 N–H and O–H groups in total. The molecular formula is C17H29IN6O4. The molecule has 11 heteroatoms. The van der Waals surface area contributed by atoms with Gasteiger partial charge in [-0.2, -0.15) is 0 Å². The molecule has 158 valence electrons. The van der Waals surface area contributed by atoms with Crippen LogP contribution in [-0.4, -0.2) is 97.5 Å². The molecule has 0 spiro atoms. The number of nitrogens with zero attached hydrogens (tertiary/aromatic N) is 5. The molecule has 0 amide bonds. The fourth-order valence-corrected chi connectivity index (χ4v) is 3.26. The second kappa shape index (κ2) is 9.59. The molecule has 28 heavy (non-hydrogen) atoms. The number of hydrogen-bond donors (Lipinski definition) is 4. The van der Waals surface area contributed by atoms with Crippen LogP contribution in [0.4, 0.5) is 5.82 Å². The van der Waals surface area contributed by atoms with Crippen molar-refractivity contribution in [3.63, 3.8) is 0 Å². The van der Waals surface area contributed by atoms with Gasteiger partial charge in [-0.25, -0.2) is 15.0 Å². The fraction of sp³-hybridized carbons (Fsp3) is 0.706. The number of nitrogens with one attached hydrogen (secondary N) is 1. The van der Waals surface area contributed by atoms with Gasteiger partial charge in [-0.15, -0.1) is 0 Å². The van der Waals surface area contributed by atoms with Crippen molar-refractivity contribution in [1.82, 2.24) is 19.5 Å². The van der Waals surface area contributed by atoms with E-state index >= 15 is 0 Å². The highest BCUT2D eigenvalue weighted by atomic mass is 127. The molecule has 4 atom stereocenters. The summed E-state index contributed by atoms with van der Waals surface area (Å²) < 4.78 is 8.09. The molecular weight excluding hydrogens is 479 g/mol. The maximum absolute atomic E-state index is 10.2. The largest absolute Gasteiger partial charge is 1.00 e. The zero-order valence-electron chi connectivity index (χ0n) is 16.4. The average molecular weight is 508 g/mol. The van der Waals surface area contributed by atoms with Crippen LogP contribution in [0.5, 0.6) is 0 Å². The molecule has 0 radical (unpaired) electrons. The molecule has 10 nitrogen and oxygen atoms in total. The molecule has 2 aromatic rings. The first-order valence-electron chi connectivity index (χ1n) is 9.31. The third kappa shape index (κ3) is 4.39. The van der Waals surface area contributed by atoms with Gasteiger partial charge in [0.2, 0.25) is 0 Å². The number of hydrogen-bond acceptors (Lipinski definition) is 8. The van der Waals surface area contributed by atoms with Gasteiger partial charge in [0.15, 0.2) is 23.2 Å². The van der Waals surface area contributed by atoms with E-state index < -0.39 is 24.5 Å². The highest BCUT2D eigenvalue weighted by Crippen LogP contribution is 2.32. The molecule has 0 bridgehead atoms. The highest BCUT2D eigenvalue weighted by molar-refractivity contribution is 5.82. The molecule has 1 saturated heterocycles. The lowest BCUT2D eigenvalue weighted by Crippen LogP contribution is -3.00. The van der Waals surface area contributed by atoms with Crippen LogP contribution in [0.2, 0.25) is 0 Å². The highest BCUT2D eigenvalue weighted by Gasteiger charge is 2.44. The second-order valence-electron chi connectivity index (χ2n) is 7.18. The number of ether oxygens (including phenoxy) is 1. The number of aliphatic hydroxyl groups excluding tert-OH is 3. The normalized spacial score (nSPS) is 25.1. The van der Waals surface area contributed by atoms with Gasteiger partial charge >= 0.3 is 0 Å². The summed E-state index contributed by atoms with van der Waals surface area (Å²) in [5.41, 5.74) is 1.06. The number of fused-ring (bicyclic) bond motifs is 1. The fourth-order valence-electron chi connectivity index (χ4n) is 3.26. The summed E-state index contributed by atoms with van der Waals surface area (Å²) in [7, 11) is 2.22. The Hall–Kier alpha value is -1.12. The van der Waals surface area contributed by atoms with Crippen molar-refractivity contribution in [1.29, 1.82) is 0 Å². The number of aliphatic hydroxyl groups is 3. The second-order valence-corrected chi connectivity index (χ2v) is 7.18. The lowest BCUT2D eigenvalue weighted by molar-refractivity contribution is -0.904. The van der Waals surface area contributed by atoms with Gasteiger partial charge in [0, 0.05) is 0 Å².